The van der Waals surface area contributed by atoms with Crippen LogP contribution in [0.3, 0.4) is 0 Å². The second kappa shape index (κ2) is 3.16. The van der Waals surface area contributed by atoms with Crippen LogP contribution in [0.25, 0.3) is 0 Å². The quantitative estimate of drug-likeness (QED) is 0.549. The van der Waals surface area contributed by atoms with E-state index in [4.69, 9.17) is 10.8 Å². The SMILES string of the molecule is NC(Cc1c[nH]cn1)C(=O)O.[H+]. The molecule has 0 radical (unpaired) electrons. The van der Waals surface area contributed by atoms with Crippen LogP contribution >= 0.6 is 0 Å². The van der Waals surface area contributed by atoms with E-state index in [2.05, 4.69) is 9.97 Å². The lowest BCUT2D eigenvalue weighted by Crippen LogP contribution is -2.32. The van der Waals surface area contributed by atoms with E-state index in [1.165, 1.54) is 6.33 Å². The standard InChI is InChI=1S/C6H9N3O2/c7-5(6(10)11)1-4-2-8-3-9-4/h2-3,5H,1,7H2,(H,8,9)(H,10,11)/p+1. The topological polar surface area (TPSA) is 92.0 Å². The molecule has 1 aromatic rings. The molecule has 0 aliphatic carbocycles. The molecule has 0 bridgehead atoms. The second-order valence-electron chi connectivity index (χ2n) is 2.21. The van der Waals surface area contributed by atoms with Crippen molar-refractivity contribution in [1.82, 2.24) is 9.97 Å². The molecule has 0 amide bonds. The maximum absolute atomic E-state index is 10.3. The molecule has 1 atom stereocenters. The number of carboxylic acid groups (broad SMARTS) is 1. The van der Waals surface area contributed by atoms with Crippen LogP contribution in [0.15, 0.2) is 12.5 Å². The van der Waals surface area contributed by atoms with Gasteiger partial charge in [-0.3, -0.25) is 4.79 Å². The highest BCUT2D eigenvalue weighted by molar-refractivity contribution is 5.73. The molecule has 1 aromatic heterocycles. The molecule has 0 spiro atoms. The summed E-state index contributed by atoms with van der Waals surface area (Å²) in [5, 5.41) is 8.42. The van der Waals surface area contributed by atoms with Crippen molar-refractivity contribution in [2.45, 2.75) is 12.5 Å². The first-order chi connectivity index (χ1) is 5.20. The number of aromatic amines is 1. The van der Waals surface area contributed by atoms with E-state index in [1.54, 1.807) is 6.20 Å². The summed E-state index contributed by atoms with van der Waals surface area (Å²) >= 11 is 0. The summed E-state index contributed by atoms with van der Waals surface area (Å²) in [6.07, 6.45) is 3.38. The van der Waals surface area contributed by atoms with Crippen LogP contribution in [0.4, 0.5) is 0 Å². The Bertz CT molecular complexity index is 237. The Balaban J connectivity index is 0.00000121. The molecule has 1 unspecified atom stereocenters. The first kappa shape index (κ1) is 7.74. The summed E-state index contributed by atoms with van der Waals surface area (Å²) in [7, 11) is 0. The molecule has 60 valence electrons. The van der Waals surface area contributed by atoms with Gasteiger partial charge < -0.3 is 15.8 Å². The molecule has 1 heterocycles. The number of nitrogens with two attached hydrogens (primary N) is 1. The zero-order chi connectivity index (χ0) is 8.27. The van der Waals surface area contributed by atoms with E-state index in [0.717, 1.165) is 0 Å². The van der Waals surface area contributed by atoms with Crippen LogP contribution in [-0.2, 0) is 11.2 Å². The van der Waals surface area contributed by atoms with Crippen molar-refractivity contribution >= 4 is 5.97 Å². The molecule has 1 rings (SSSR count). The van der Waals surface area contributed by atoms with E-state index in [-0.39, 0.29) is 7.85 Å². The molecule has 4 N–H and O–H groups in total. The van der Waals surface area contributed by atoms with Crippen molar-refractivity contribution in [3.8, 4) is 0 Å². The first-order valence-corrected chi connectivity index (χ1v) is 3.16. The van der Waals surface area contributed by atoms with Crippen molar-refractivity contribution in [2.24, 2.45) is 5.73 Å². The average molecular weight is 156 g/mol. The summed E-state index contributed by atoms with van der Waals surface area (Å²) in [4.78, 5) is 16.8. The highest BCUT2D eigenvalue weighted by Crippen LogP contribution is 1.95. The highest BCUT2D eigenvalue weighted by atomic mass is 16.4. The van der Waals surface area contributed by atoms with Crippen LogP contribution in [0, 0.1) is 0 Å². The number of imidazole rings is 1. The fourth-order valence-corrected chi connectivity index (χ4v) is 0.715. The molecule has 5 heteroatoms. The molecule has 0 saturated carbocycles. The molecule has 0 saturated heterocycles. The van der Waals surface area contributed by atoms with Crippen LogP contribution in [0.2, 0.25) is 0 Å². The summed E-state index contributed by atoms with van der Waals surface area (Å²) in [5.41, 5.74) is 5.92. The lowest BCUT2D eigenvalue weighted by Gasteiger charge is -2.01. The van der Waals surface area contributed by atoms with Gasteiger partial charge in [0.15, 0.2) is 0 Å². The fraction of sp³-hybridized carbons (Fsp3) is 0.333. The number of nitrogens with zero attached hydrogens (tertiary/aromatic N) is 1. The number of carboxylic acids is 1. The van der Waals surface area contributed by atoms with E-state index < -0.39 is 12.0 Å². The predicted molar refractivity (Wildman–Crippen MR) is 39.0 cm³/mol. The zero-order valence-electron chi connectivity index (χ0n) is 6.82. The normalized spacial score (nSPS) is 12.8. The number of hydrogen-bond acceptors (Lipinski definition) is 3. The first-order valence-electron chi connectivity index (χ1n) is 3.16. The summed E-state index contributed by atoms with van der Waals surface area (Å²) in [6.45, 7) is 0. The Kier molecular flexibility index (Phi) is 2.22. The number of H-pyrrole nitrogens is 1. The Morgan fingerprint density at radius 1 is 2.00 bits per heavy atom. The summed E-state index contributed by atoms with van der Waals surface area (Å²) < 4.78 is 0. The number of aromatic nitrogens is 2. The third-order valence-electron chi connectivity index (χ3n) is 1.30. The van der Waals surface area contributed by atoms with Crippen LogP contribution in [-0.4, -0.2) is 27.1 Å². The Hall–Kier alpha value is -1.36. The summed E-state index contributed by atoms with van der Waals surface area (Å²) in [6, 6.07) is -0.863. The monoisotopic (exact) mass is 156 g/mol. The minimum absolute atomic E-state index is 0. The van der Waals surface area contributed by atoms with E-state index >= 15 is 0 Å². The average Bonchev–Trinajstić information content (AvgIpc) is 2.39. The van der Waals surface area contributed by atoms with Gasteiger partial charge in [0.05, 0.1) is 12.0 Å². The van der Waals surface area contributed by atoms with Crippen LogP contribution < -0.4 is 5.73 Å². The summed E-state index contributed by atoms with van der Waals surface area (Å²) in [5.74, 6) is -1.01. The number of carbonyl (C=O) groups is 1. The fourth-order valence-electron chi connectivity index (χ4n) is 0.715. The van der Waals surface area contributed by atoms with Gasteiger partial charge in [-0.25, -0.2) is 4.98 Å². The minimum Gasteiger partial charge on any atom is -0.480 e. The number of nitrogens with one attached hydrogen (secondary N) is 1. The molecule has 0 aliphatic heterocycles. The maximum Gasteiger partial charge on any atom is 1.00 e. The van der Waals surface area contributed by atoms with E-state index in [0.29, 0.717) is 5.69 Å². The highest BCUT2D eigenvalue weighted by Gasteiger charge is 2.12. The molecule has 11 heavy (non-hydrogen) atoms. The lowest BCUT2D eigenvalue weighted by molar-refractivity contribution is -0.138. The van der Waals surface area contributed by atoms with Gasteiger partial charge in [0, 0.05) is 12.6 Å². The van der Waals surface area contributed by atoms with E-state index in [9.17, 15) is 4.79 Å². The van der Waals surface area contributed by atoms with E-state index in [1.807, 2.05) is 0 Å². The van der Waals surface area contributed by atoms with Gasteiger partial charge in [0.25, 0.3) is 0 Å². The molecule has 5 nitrogen and oxygen atoms in total. The zero-order valence-corrected chi connectivity index (χ0v) is 5.82. The van der Waals surface area contributed by atoms with Crippen LogP contribution in [0.5, 0.6) is 0 Å². The van der Waals surface area contributed by atoms with Gasteiger partial charge in [-0.1, -0.05) is 0 Å². The largest absolute Gasteiger partial charge is 1.00 e. The Morgan fingerprint density at radius 3 is 3.18 bits per heavy atom. The van der Waals surface area contributed by atoms with Crippen molar-refractivity contribution in [1.29, 1.82) is 0 Å². The molecule has 0 aliphatic rings. The smallest absolute Gasteiger partial charge is 0.480 e. The number of aliphatic carboxylic acids is 1. The van der Waals surface area contributed by atoms with Gasteiger partial charge in [-0.15, -0.1) is 0 Å². The van der Waals surface area contributed by atoms with Gasteiger partial charge in [0.2, 0.25) is 0 Å². The van der Waals surface area contributed by atoms with Crippen LogP contribution in [0.1, 0.15) is 7.12 Å². The van der Waals surface area contributed by atoms with Crippen molar-refractivity contribution < 1.29 is 11.3 Å². The molecular weight excluding hydrogens is 146 g/mol. The van der Waals surface area contributed by atoms with Gasteiger partial charge in [-0.05, 0) is 0 Å². The maximum atomic E-state index is 10.3. The number of hydrogen-bond donors (Lipinski definition) is 3. The Morgan fingerprint density at radius 2 is 2.73 bits per heavy atom. The molecular formula is C6H10N3O2+. The third kappa shape index (κ3) is 2.05. The lowest BCUT2D eigenvalue weighted by atomic mass is 10.2. The minimum atomic E-state index is -1.01. The van der Waals surface area contributed by atoms with Crippen molar-refractivity contribution in [3.63, 3.8) is 0 Å². The number of rotatable bonds is 3. The van der Waals surface area contributed by atoms with Crippen molar-refractivity contribution in [3.05, 3.63) is 18.2 Å². The van der Waals surface area contributed by atoms with Gasteiger partial charge in [0.1, 0.15) is 6.04 Å². The predicted octanol–water partition coefficient (Wildman–Crippen LogP) is -0.523. The van der Waals surface area contributed by atoms with Crippen molar-refractivity contribution in [2.75, 3.05) is 0 Å². The molecule has 0 aromatic carbocycles. The Labute approximate surface area is 64.7 Å². The van der Waals surface area contributed by atoms with Gasteiger partial charge >= 0.3 is 7.40 Å². The molecule has 0 fully saturated rings. The van der Waals surface area contributed by atoms with Gasteiger partial charge in [-0.2, -0.15) is 0 Å². The third-order valence-corrected chi connectivity index (χ3v) is 1.30. The second-order valence-corrected chi connectivity index (χ2v) is 2.21.